The molecule has 0 fully saturated rings. The summed E-state index contributed by atoms with van der Waals surface area (Å²) in [6.45, 7) is 3.07. The van der Waals surface area contributed by atoms with Gasteiger partial charge in [-0.05, 0) is 24.2 Å². The third-order valence-corrected chi connectivity index (χ3v) is 2.95. The topological polar surface area (TPSA) is 29.9 Å². The lowest BCUT2D eigenvalue weighted by Crippen LogP contribution is -2.14. The van der Waals surface area contributed by atoms with E-state index < -0.39 is 6.43 Å². The van der Waals surface area contributed by atoms with E-state index in [1.165, 1.54) is 23.0 Å². The van der Waals surface area contributed by atoms with E-state index >= 15 is 0 Å². The van der Waals surface area contributed by atoms with Crippen LogP contribution in [0.3, 0.4) is 0 Å². The standard InChI is InChI=1S/C14H16F3N3/c1-2-18-7-11-8-19-20(13(11)14(16)17)9-10-4-3-5-12(15)6-10/h3-6,8,14,18H,2,7,9H2,1H3. The Kier molecular flexibility index (Phi) is 4.79. The third-order valence-electron chi connectivity index (χ3n) is 2.95. The van der Waals surface area contributed by atoms with Crippen LogP contribution in [-0.2, 0) is 13.1 Å². The van der Waals surface area contributed by atoms with Crippen molar-refractivity contribution in [3.8, 4) is 0 Å². The second-order valence-corrected chi connectivity index (χ2v) is 4.42. The van der Waals surface area contributed by atoms with Gasteiger partial charge in [0.15, 0.2) is 0 Å². The van der Waals surface area contributed by atoms with Crippen LogP contribution in [-0.4, -0.2) is 16.3 Å². The Bertz CT molecular complexity index is 567. The van der Waals surface area contributed by atoms with Gasteiger partial charge >= 0.3 is 0 Å². The van der Waals surface area contributed by atoms with Gasteiger partial charge in [-0.3, -0.25) is 4.68 Å². The number of alkyl halides is 2. The van der Waals surface area contributed by atoms with Gasteiger partial charge in [0, 0.05) is 12.1 Å². The van der Waals surface area contributed by atoms with Crippen molar-refractivity contribution in [2.75, 3.05) is 6.54 Å². The first-order valence-electron chi connectivity index (χ1n) is 6.39. The lowest BCUT2D eigenvalue weighted by Gasteiger charge is -2.09. The van der Waals surface area contributed by atoms with Crippen molar-refractivity contribution >= 4 is 0 Å². The molecule has 20 heavy (non-hydrogen) atoms. The molecule has 1 N–H and O–H groups in total. The van der Waals surface area contributed by atoms with Crippen LogP contribution in [0, 0.1) is 5.82 Å². The zero-order valence-corrected chi connectivity index (χ0v) is 11.1. The number of nitrogens with zero attached hydrogens (tertiary/aromatic N) is 2. The third kappa shape index (κ3) is 3.39. The minimum atomic E-state index is -2.61. The van der Waals surface area contributed by atoms with Gasteiger partial charge in [0.1, 0.15) is 11.5 Å². The average molecular weight is 283 g/mol. The highest BCUT2D eigenvalue weighted by molar-refractivity contribution is 5.22. The Morgan fingerprint density at radius 1 is 1.35 bits per heavy atom. The summed E-state index contributed by atoms with van der Waals surface area (Å²) in [6, 6.07) is 5.87. The van der Waals surface area contributed by atoms with E-state index in [0.717, 1.165) is 0 Å². The summed E-state index contributed by atoms with van der Waals surface area (Å²) < 4.78 is 40.7. The summed E-state index contributed by atoms with van der Waals surface area (Å²) in [5.41, 5.74) is 0.957. The number of aromatic nitrogens is 2. The first kappa shape index (κ1) is 14.6. The number of hydrogen-bond acceptors (Lipinski definition) is 2. The van der Waals surface area contributed by atoms with Crippen LogP contribution in [0.1, 0.15) is 30.2 Å². The summed E-state index contributed by atoms with van der Waals surface area (Å²) in [7, 11) is 0. The van der Waals surface area contributed by atoms with E-state index in [1.807, 2.05) is 6.92 Å². The van der Waals surface area contributed by atoms with Crippen molar-refractivity contribution in [3.05, 3.63) is 53.1 Å². The predicted octanol–water partition coefficient (Wildman–Crippen LogP) is 3.12. The molecule has 0 spiro atoms. The maximum atomic E-state index is 13.2. The Labute approximate surface area is 115 Å². The SMILES string of the molecule is CCNCc1cnn(Cc2cccc(F)c2)c1C(F)F. The maximum Gasteiger partial charge on any atom is 0.280 e. The summed E-state index contributed by atoms with van der Waals surface area (Å²) in [4.78, 5) is 0. The molecule has 3 nitrogen and oxygen atoms in total. The molecule has 2 aromatic rings. The van der Waals surface area contributed by atoms with Crippen LogP contribution in [0.4, 0.5) is 13.2 Å². The van der Waals surface area contributed by atoms with Gasteiger partial charge in [0.2, 0.25) is 0 Å². The van der Waals surface area contributed by atoms with Gasteiger partial charge in [0.05, 0.1) is 12.7 Å². The molecule has 0 saturated heterocycles. The molecule has 6 heteroatoms. The largest absolute Gasteiger partial charge is 0.313 e. The van der Waals surface area contributed by atoms with Crippen molar-refractivity contribution in [1.82, 2.24) is 15.1 Å². The van der Waals surface area contributed by atoms with E-state index in [4.69, 9.17) is 0 Å². The van der Waals surface area contributed by atoms with E-state index in [-0.39, 0.29) is 18.1 Å². The zero-order chi connectivity index (χ0) is 14.5. The minimum absolute atomic E-state index is 0.116. The van der Waals surface area contributed by atoms with Gasteiger partial charge in [-0.2, -0.15) is 5.10 Å². The van der Waals surface area contributed by atoms with Gasteiger partial charge in [-0.15, -0.1) is 0 Å². The molecule has 2 rings (SSSR count). The van der Waals surface area contributed by atoms with E-state index in [2.05, 4.69) is 10.4 Å². The number of rotatable bonds is 6. The van der Waals surface area contributed by atoms with Crippen LogP contribution in [0.2, 0.25) is 0 Å². The van der Waals surface area contributed by atoms with Gasteiger partial charge in [0.25, 0.3) is 6.43 Å². The predicted molar refractivity (Wildman–Crippen MR) is 70.1 cm³/mol. The average Bonchev–Trinajstić information content (AvgIpc) is 2.79. The summed E-state index contributed by atoms with van der Waals surface area (Å²) in [5.74, 6) is -0.388. The number of halogens is 3. The normalized spacial score (nSPS) is 11.2. The fourth-order valence-corrected chi connectivity index (χ4v) is 2.02. The molecule has 1 aromatic carbocycles. The monoisotopic (exact) mass is 283 g/mol. The first-order valence-corrected chi connectivity index (χ1v) is 6.39. The summed E-state index contributed by atoms with van der Waals surface area (Å²) >= 11 is 0. The zero-order valence-electron chi connectivity index (χ0n) is 11.1. The smallest absolute Gasteiger partial charge is 0.280 e. The minimum Gasteiger partial charge on any atom is -0.313 e. The molecule has 0 aliphatic heterocycles. The molecule has 0 saturated carbocycles. The molecular formula is C14H16F3N3. The Morgan fingerprint density at radius 2 is 2.15 bits per heavy atom. The van der Waals surface area contributed by atoms with E-state index in [1.54, 1.807) is 12.1 Å². The van der Waals surface area contributed by atoms with Crippen LogP contribution >= 0.6 is 0 Å². The molecule has 0 amide bonds. The maximum absolute atomic E-state index is 13.2. The second-order valence-electron chi connectivity index (χ2n) is 4.42. The second kappa shape index (κ2) is 6.56. The molecule has 1 heterocycles. The molecule has 108 valence electrons. The highest BCUT2D eigenvalue weighted by Crippen LogP contribution is 2.23. The van der Waals surface area contributed by atoms with Crippen molar-refractivity contribution < 1.29 is 13.2 Å². The number of benzene rings is 1. The van der Waals surface area contributed by atoms with Crippen LogP contribution in [0.25, 0.3) is 0 Å². The molecule has 0 radical (unpaired) electrons. The molecule has 0 aliphatic carbocycles. The lowest BCUT2D eigenvalue weighted by atomic mass is 10.2. The Morgan fingerprint density at radius 3 is 2.80 bits per heavy atom. The first-order chi connectivity index (χ1) is 9.61. The van der Waals surface area contributed by atoms with Crippen molar-refractivity contribution in [3.63, 3.8) is 0 Å². The molecular weight excluding hydrogens is 267 g/mol. The fourth-order valence-electron chi connectivity index (χ4n) is 2.02. The number of nitrogens with one attached hydrogen (secondary N) is 1. The Hall–Kier alpha value is -1.82. The van der Waals surface area contributed by atoms with E-state index in [0.29, 0.717) is 24.2 Å². The molecule has 0 bridgehead atoms. The highest BCUT2D eigenvalue weighted by Gasteiger charge is 2.19. The Balaban J connectivity index is 2.25. The molecule has 0 aliphatic rings. The molecule has 0 unspecified atom stereocenters. The van der Waals surface area contributed by atoms with Crippen LogP contribution in [0.5, 0.6) is 0 Å². The molecule has 1 aromatic heterocycles. The highest BCUT2D eigenvalue weighted by atomic mass is 19.3. The molecule has 0 atom stereocenters. The van der Waals surface area contributed by atoms with Gasteiger partial charge in [-0.1, -0.05) is 19.1 Å². The van der Waals surface area contributed by atoms with Crippen LogP contribution in [0.15, 0.2) is 30.5 Å². The van der Waals surface area contributed by atoms with Crippen LogP contribution < -0.4 is 5.32 Å². The van der Waals surface area contributed by atoms with Crippen molar-refractivity contribution in [2.45, 2.75) is 26.4 Å². The summed E-state index contributed by atoms with van der Waals surface area (Å²) in [5, 5.41) is 6.99. The quantitative estimate of drug-likeness (QED) is 0.882. The van der Waals surface area contributed by atoms with Crippen molar-refractivity contribution in [1.29, 1.82) is 0 Å². The summed E-state index contributed by atoms with van der Waals surface area (Å²) in [6.07, 6.45) is -1.18. The fraction of sp³-hybridized carbons (Fsp3) is 0.357. The van der Waals surface area contributed by atoms with E-state index in [9.17, 15) is 13.2 Å². The van der Waals surface area contributed by atoms with Gasteiger partial charge in [-0.25, -0.2) is 13.2 Å². The number of hydrogen-bond donors (Lipinski definition) is 1. The van der Waals surface area contributed by atoms with Crippen molar-refractivity contribution in [2.24, 2.45) is 0 Å². The van der Waals surface area contributed by atoms with Gasteiger partial charge < -0.3 is 5.32 Å². The lowest BCUT2D eigenvalue weighted by molar-refractivity contribution is 0.138.